The van der Waals surface area contributed by atoms with E-state index in [-0.39, 0.29) is 6.04 Å². The molecule has 0 aliphatic heterocycles. The Kier molecular flexibility index (Phi) is 4.91. The van der Waals surface area contributed by atoms with Crippen molar-refractivity contribution in [3.8, 4) is 0 Å². The summed E-state index contributed by atoms with van der Waals surface area (Å²) >= 11 is 1.45. The van der Waals surface area contributed by atoms with E-state index in [1.807, 2.05) is 0 Å². The van der Waals surface area contributed by atoms with Gasteiger partial charge in [-0.1, -0.05) is 38.1 Å². The molecule has 0 radical (unpaired) electrons. The highest BCUT2D eigenvalue weighted by Crippen LogP contribution is 2.21. The van der Waals surface area contributed by atoms with Crippen LogP contribution in [-0.4, -0.2) is 9.36 Å². The fourth-order valence-electron chi connectivity index (χ4n) is 1.95. The third kappa shape index (κ3) is 3.77. The molecule has 1 N–H and O–H groups in total. The SMILES string of the molecule is CCCc1nsc(NC(C)c2ccc(CC)cc2)n1. The van der Waals surface area contributed by atoms with Gasteiger partial charge in [-0.3, -0.25) is 0 Å². The summed E-state index contributed by atoms with van der Waals surface area (Å²) in [6.07, 6.45) is 3.13. The Morgan fingerprint density at radius 3 is 2.58 bits per heavy atom. The minimum atomic E-state index is 0.258. The van der Waals surface area contributed by atoms with Gasteiger partial charge < -0.3 is 5.32 Å². The standard InChI is InChI=1S/C15H21N3S/c1-4-6-14-17-15(19-18-14)16-11(3)13-9-7-12(5-2)8-10-13/h7-11H,4-6H2,1-3H3,(H,16,17,18). The van der Waals surface area contributed by atoms with Gasteiger partial charge in [0, 0.05) is 18.0 Å². The van der Waals surface area contributed by atoms with Crippen LogP contribution in [-0.2, 0) is 12.8 Å². The lowest BCUT2D eigenvalue weighted by Crippen LogP contribution is -2.06. The number of hydrogen-bond acceptors (Lipinski definition) is 4. The highest BCUT2D eigenvalue weighted by atomic mass is 32.1. The van der Waals surface area contributed by atoms with Crippen LogP contribution < -0.4 is 5.32 Å². The van der Waals surface area contributed by atoms with E-state index in [1.165, 1.54) is 22.7 Å². The molecular weight excluding hydrogens is 254 g/mol. The molecule has 0 bridgehead atoms. The lowest BCUT2D eigenvalue weighted by molar-refractivity contribution is 0.847. The van der Waals surface area contributed by atoms with Gasteiger partial charge in [0.1, 0.15) is 5.82 Å². The molecule has 0 amide bonds. The second-order valence-corrected chi connectivity index (χ2v) is 5.48. The molecule has 0 aliphatic rings. The number of rotatable bonds is 6. The Labute approximate surface area is 119 Å². The Bertz CT molecular complexity index is 504. The first kappa shape index (κ1) is 14.0. The number of hydrogen-bond donors (Lipinski definition) is 1. The molecule has 1 unspecified atom stereocenters. The number of anilines is 1. The molecule has 0 fully saturated rings. The Hall–Kier alpha value is -1.42. The van der Waals surface area contributed by atoms with Crippen molar-refractivity contribution in [3.63, 3.8) is 0 Å². The molecule has 1 heterocycles. The largest absolute Gasteiger partial charge is 0.354 e. The molecule has 2 rings (SSSR count). The summed E-state index contributed by atoms with van der Waals surface area (Å²) in [7, 11) is 0. The maximum absolute atomic E-state index is 4.50. The second-order valence-electron chi connectivity index (χ2n) is 4.73. The van der Waals surface area contributed by atoms with Crippen LogP contribution in [0.1, 0.15) is 50.2 Å². The molecule has 0 spiro atoms. The lowest BCUT2D eigenvalue weighted by atomic mass is 10.1. The molecule has 2 aromatic rings. The molecule has 1 aromatic heterocycles. The number of aromatic nitrogens is 2. The Morgan fingerprint density at radius 1 is 1.21 bits per heavy atom. The van der Waals surface area contributed by atoms with E-state index in [9.17, 15) is 0 Å². The number of nitrogens with zero attached hydrogens (tertiary/aromatic N) is 2. The zero-order valence-corrected chi connectivity index (χ0v) is 12.6. The predicted octanol–water partition coefficient (Wildman–Crippen LogP) is 4.23. The van der Waals surface area contributed by atoms with Crippen molar-refractivity contribution in [2.24, 2.45) is 0 Å². The van der Waals surface area contributed by atoms with E-state index in [1.54, 1.807) is 0 Å². The first-order valence-electron chi connectivity index (χ1n) is 6.90. The summed E-state index contributed by atoms with van der Waals surface area (Å²) in [5, 5.41) is 4.33. The quantitative estimate of drug-likeness (QED) is 0.857. The van der Waals surface area contributed by atoms with Crippen molar-refractivity contribution >= 4 is 16.7 Å². The average molecular weight is 275 g/mol. The van der Waals surface area contributed by atoms with E-state index in [4.69, 9.17) is 0 Å². The van der Waals surface area contributed by atoms with Gasteiger partial charge in [-0.2, -0.15) is 4.37 Å². The van der Waals surface area contributed by atoms with E-state index in [2.05, 4.69) is 59.7 Å². The summed E-state index contributed by atoms with van der Waals surface area (Å²) in [6, 6.07) is 9.01. The second kappa shape index (κ2) is 6.66. The smallest absolute Gasteiger partial charge is 0.203 e. The Morgan fingerprint density at radius 2 is 1.95 bits per heavy atom. The van der Waals surface area contributed by atoms with Gasteiger partial charge in [0.15, 0.2) is 0 Å². The molecule has 0 saturated carbocycles. The molecule has 1 aromatic carbocycles. The van der Waals surface area contributed by atoms with Crippen molar-refractivity contribution in [2.75, 3.05) is 5.32 Å². The summed E-state index contributed by atoms with van der Waals surface area (Å²) in [5.74, 6) is 0.948. The first-order valence-corrected chi connectivity index (χ1v) is 7.68. The zero-order valence-electron chi connectivity index (χ0n) is 11.8. The van der Waals surface area contributed by atoms with Crippen LogP contribution in [0.2, 0.25) is 0 Å². The van der Waals surface area contributed by atoms with Crippen LogP contribution >= 0.6 is 11.5 Å². The van der Waals surface area contributed by atoms with Gasteiger partial charge in [-0.25, -0.2) is 4.98 Å². The van der Waals surface area contributed by atoms with Crippen molar-refractivity contribution in [3.05, 3.63) is 41.2 Å². The zero-order chi connectivity index (χ0) is 13.7. The van der Waals surface area contributed by atoms with Crippen molar-refractivity contribution in [1.82, 2.24) is 9.36 Å². The van der Waals surface area contributed by atoms with Crippen LogP contribution in [0.3, 0.4) is 0 Å². The number of benzene rings is 1. The number of nitrogens with one attached hydrogen (secondary N) is 1. The van der Waals surface area contributed by atoms with E-state index in [0.29, 0.717) is 0 Å². The molecular formula is C15H21N3S. The lowest BCUT2D eigenvalue weighted by Gasteiger charge is -2.13. The fraction of sp³-hybridized carbons (Fsp3) is 0.467. The average Bonchev–Trinajstić information content (AvgIpc) is 2.86. The highest BCUT2D eigenvalue weighted by Gasteiger charge is 2.09. The molecule has 0 saturated heterocycles. The van der Waals surface area contributed by atoms with Crippen LogP contribution in [0.15, 0.2) is 24.3 Å². The molecule has 1 atom stereocenters. The molecule has 0 aliphatic carbocycles. The van der Waals surface area contributed by atoms with Gasteiger partial charge in [-0.15, -0.1) is 0 Å². The normalized spacial score (nSPS) is 12.4. The topological polar surface area (TPSA) is 37.8 Å². The van der Waals surface area contributed by atoms with Crippen molar-refractivity contribution in [1.29, 1.82) is 0 Å². The summed E-state index contributed by atoms with van der Waals surface area (Å²) < 4.78 is 4.35. The number of aryl methyl sites for hydroxylation is 2. The van der Waals surface area contributed by atoms with Gasteiger partial charge >= 0.3 is 0 Å². The molecule has 19 heavy (non-hydrogen) atoms. The van der Waals surface area contributed by atoms with Crippen LogP contribution in [0, 0.1) is 0 Å². The van der Waals surface area contributed by atoms with Gasteiger partial charge in [0.05, 0.1) is 6.04 Å². The van der Waals surface area contributed by atoms with E-state index < -0.39 is 0 Å². The maximum atomic E-state index is 4.50. The third-order valence-electron chi connectivity index (χ3n) is 3.17. The fourth-order valence-corrected chi connectivity index (χ4v) is 2.65. The van der Waals surface area contributed by atoms with Crippen LogP contribution in [0.5, 0.6) is 0 Å². The Balaban J connectivity index is 2.00. The van der Waals surface area contributed by atoms with E-state index >= 15 is 0 Å². The summed E-state index contributed by atoms with van der Waals surface area (Å²) in [6.45, 7) is 6.47. The molecule has 3 nitrogen and oxygen atoms in total. The predicted molar refractivity (Wildman–Crippen MR) is 81.8 cm³/mol. The monoisotopic (exact) mass is 275 g/mol. The van der Waals surface area contributed by atoms with Crippen molar-refractivity contribution in [2.45, 2.75) is 46.1 Å². The third-order valence-corrected chi connectivity index (χ3v) is 3.85. The molecule has 4 heteroatoms. The van der Waals surface area contributed by atoms with Gasteiger partial charge in [0.2, 0.25) is 5.13 Å². The van der Waals surface area contributed by atoms with Crippen LogP contribution in [0.25, 0.3) is 0 Å². The minimum absolute atomic E-state index is 0.258. The summed E-state index contributed by atoms with van der Waals surface area (Å²) in [4.78, 5) is 4.50. The summed E-state index contributed by atoms with van der Waals surface area (Å²) in [5.41, 5.74) is 2.65. The maximum Gasteiger partial charge on any atom is 0.203 e. The van der Waals surface area contributed by atoms with Crippen molar-refractivity contribution < 1.29 is 0 Å². The minimum Gasteiger partial charge on any atom is -0.354 e. The van der Waals surface area contributed by atoms with Crippen LogP contribution in [0.4, 0.5) is 5.13 Å². The van der Waals surface area contributed by atoms with Gasteiger partial charge in [-0.05, 0) is 30.9 Å². The van der Waals surface area contributed by atoms with E-state index in [0.717, 1.165) is 30.2 Å². The first-order chi connectivity index (χ1) is 9.22. The highest BCUT2D eigenvalue weighted by molar-refractivity contribution is 7.09. The molecule has 102 valence electrons. The van der Waals surface area contributed by atoms with Gasteiger partial charge in [0.25, 0.3) is 0 Å².